The predicted molar refractivity (Wildman–Crippen MR) is 68.5 cm³/mol. The maximum Gasteiger partial charge on any atom is 0.257 e. The first-order valence-corrected chi connectivity index (χ1v) is 5.95. The number of hydrogen-bond acceptors (Lipinski definition) is 3. The van der Waals surface area contributed by atoms with Crippen LogP contribution in [0.15, 0.2) is 30.6 Å². The number of rotatable bonds is 4. The van der Waals surface area contributed by atoms with E-state index in [1.165, 1.54) is 0 Å². The highest BCUT2D eigenvalue weighted by Crippen LogP contribution is 2.12. The number of aliphatic hydroxyl groups excluding tert-OH is 1. The minimum Gasteiger partial charge on any atom is -0.393 e. The quantitative estimate of drug-likeness (QED) is 0.882. The number of amides is 1. The molecule has 96 valence electrons. The third kappa shape index (κ3) is 2.51. The first kappa shape index (κ1) is 12.6. The van der Waals surface area contributed by atoms with Gasteiger partial charge in [0.15, 0.2) is 0 Å². The minimum absolute atomic E-state index is 0.0724. The van der Waals surface area contributed by atoms with E-state index in [9.17, 15) is 9.90 Å². The minimum atomic E-state index is -0.399. The molecule has 0 radical (unpaired) electrons. The van der Waals surface area contributed by atoms with Gasteiger partial charge in [-0.3, -0.25) is 4.79 Å². The fraction of sp³-hybridized carbons (Fsp3) is 0.385. The highest BCUT2D eigenvalue weighted by Gasteiger charge is 2.16. The van der Waals surface area contributed by atoms with Gasteiger partial charge < -0.3 is 10.0 Å². The molecular weight excluding hydrogens is 230 g/mol. The van der Waals surface area contributed by atoms with E-state index in [1.54, 1.807) is 29.6 Å². The summed E-state index contributed by atoms with van der Waals surface area (Å²) >= 11 is 0. The van der Waals surface area contributed by atoms with E-state index in [1.807, 2.05) is 24.4 Å². The Morgan fingerprint density at radius 3 is 3.06 bits per heavy atom. The first-order chi connectivity index (χ1) is 8.59. The number of carbonyl (C=O) groups excluding carboxylic acids is 1. The number of nitrogens with zero attached hydrogens (tertiary/aromatic N) is 3. The zero-order valence-corrected chi connectivity index (χ0v) is 10.6. The maximum atomic E-state index is 12.2. The molecule has 0 fully saturated rings. The van der Waals surface area contributed by atoms with Crippen LogP contribution >= 0.6 is 0 Å². The Labute approximate surface area is 106 Å². The van der Waals surface area contributed by atoms with Gasteiger partial charge in [-0.15, -0.1) is 0 Å². The Bertz CT molecular complexity index is 548. The molecule has 0 saturated carbocycles. The van der Waals surface area contributed by atoms with Crippen molar-refractivity contribution in [2.24, 2.45) is 0 Å². The van der Waals surface area contributed by atoms with Gasteiger partial charge >= 0.3 is 0 Å². The van der Waals surface area contributed by atoms with Gasteiger partial charge in [0.2, 0.25) is 0 Å². The topological polar surface area (TPSA) is 57.8 Å². The summed E-state index contributed by atoms with van der Waals surface area (Å²) in [6.45, 7) is 2.24. The number of aliphatic hydroxyl groups is 1. The summed E-state index contributed by atoms with van der Waals surface area (Å²) in [6.07, 6.45) is 3.56. The number of carbonyl (C=O) groups is 1. The monoisotopic (exact) mass is 247 g/mol. The van der Waals surface area contributed by atoms with Crippen LogP contribution in [0, 0.1) is 0 Å². The van der Waals surface area contributed by atoms with Gasteiger partial charge in [-0.2, -0.15) is 5.10 Å². The number of aromatic nitrogens is 2. The van der Waals surface area contributed by atoms with Gasteiger partial charge in [0.1, 0.15) is 0 Å². The van der Waals surface area contributed by atoms with Crippen molar-refractivity contribution < 1.29 is 9.90 Å². The van der Waals surface area contributed by atoms with E-state index < -0.39 is 6.10 Å². The predicted octanol–water partition coefficient (Wildman–Crippen LogP) is 1.18. The second kappa shape index (κ2) is 5.18. The molecule has 0 aliphatic carbocycles. The SMILES string of the molecule is CC(O)CCN(C)C(=O)c1cnn2ccccc12. The van der Waals surface area contributed by atoms with E-state index >= 15 is 0 Å². The summed E-state index contributed by atoms with van der Waals surface area (Å²) in [6, 6.07) is 5.61. The molecule has 2 aromatic rings. The number of fused-ring (bicyclic) bond motifs is 1. The lowest BCUT2D eigenvalue weighted by molar-refractivity contribution is 0.0771. The molecule has 1 unspecified atom stereocenters. The number of pyridine rings is 1. The molecule has 2 heterocycles. The largest absolute Gasteiger partial charge is 0.393 e. The fourth-order valence-electron chi connectivity index (χ4n) is 1.79. The highest BCUT2D eigenvalue weighted by atomic mass is 16.3. The lowest BCUT2D eigenvalue weighted by Crippen LogP contribution is -2.29. The van der Waals surface area contributed by atoms with E-state index in [2.05, 4.69) is 5.10 Å². The fourth-order valence-corrected chi connectivity index (χ4v) is 1.79. The van der Waals surface area contributed by atoms with Crippen molar-refractivity contribution in [2.75, 3.05) is 13.6 Å². The van der Waals surface area contributed by atoms with Crippen molar-refractivity contribution in [1.29, 1.82) is 0 Å². The molecule has 1 amide bonds. The lowest BCUT2D eigenvalue weighted by Gasteiger charge is -2.17. The van der Waals surface area contributed by atoms with Crippen LogP contribution in [0.2, 0.25) is 0 Å². The van der Waals surface area contributed by atoms with Crippen molar-refractivity contribution >= 4 is 11.4 Å². The summed E-state index contributed by atoms with van der Waals surface area (Å²) < 4.78 is 1.68. The van der Waals surface area contributed by atoms with Gasteiger partial charge in [-0.1, -0.05) is 6.07 Å². The lowest BCUT2D eigenvalue weighted by atomic mass is 10.2. The van der Waals surface area contributed by atoms with E-state index in [-0.39, 0.29) is 5.91 Å². The Hall–Kier alpha value is -1.88. The average molecular weight is 247 g/mol. The second-order valence-electron chi connectivity index (χ2n) is 4.45. The molecule has 0 saturated heterocycles. The zero-order valence-electron chi connectivity index (χ0n) is 10.6. The number of hydrogen-bond donors (Lipinski definition) is 1. The summed E-state index contributed by atoms with van der Waals surface area (Å²) in [5, 5.41) is 13.4. The van der Waals surface area contributed by atoms with E-state index in [0.29, 0.717) is 18.5 Å². The normalized spacial score (nSPS) is 12.6. The van der Waals surface area contributed by atoms with Crippen LogP contribution in [0.3, 0.4) is 0 Å². The molecule has 18 heavy (non-hydrogen) atoms. The van der Waals surface area contributed by atoms with Crippen molar-refractivity contribution in [3.8, 4) is 0 Å². The molecule has 5 nitrogen and oxygen atoms in total. The van der Waals surface area contributed by atoms with Crippen molar-refractivity contribution in [3.05, 3.63) is 36.2 Å². The van der Waals surface area contributed by atoms with Crippen LogP contribution in [-0.2, 0) is 0 Å². The molecule has 0 aliphatic heterocycles. The summed E-state index contributed by atoms with van der Waals surface area (Å²) in [4.78, 5) is 13.8. The summed E-state index contributed by atoms with van der Waals surface area (Å²) in [5.41, 5.74) is 1.38. The zero-order chi connectivity index (χ0) is 13.1. The van der Waals surface area contributed by atoms with Crippen LogP contribution in [0.5, 0.6) is 0 Å². The Kier molecular flexibility index (Phi) is 3.62. The molecular formula is C13H17N3O2. The molecule has 0 aliphatic rings. The Morgan fingerprint density at radius 2 is 2.33 bits per heavy atom. The molecule has 0 aromatic carbocycles. The first-order valence-electron chi connectivity index (χ1n) is 5.95. The molecule has 1 N–H and O–H groups in total. The molecule has 0 spiro atoms. The van der Waals surface area contributed by atoms with Gasteiger partial charge in [-0.05, 0) is 25.5 Å². The van der Waals surface area contributed by atoms with E-state index in [4.69, 9.17) is 0 Å². The summed E-state index contributed by atoms with van der Waals surface area (Å²) in [5.74, 6) is -0.0724. The van der Waals surface area contributed by atoms with Crippen molar-refractivity contribution in [1.82, 2.24) is 14.5 Å². The molecule has 2 rings (SSSR count). The van der Waals surface area contributed by atoms with Crippen LogP contribution in [-0.4, -0.2) is 45.2 Å². The van der Waals surface area contributed by atoms with Crippen LogP contribution in [0.1, 0.15) is 23.7 Å². The average Bonchev–Trinajstić information content (AvgIpc) is 2.78. The Balaban J connectivity index is 2.18. The second-order valence-corrected chi connectivity index (χ2v) is 4.45. The van der Waals surface area contributed by atoms with Crippen molar-refractivity contribution in [2.45, 2.75) is 19.4 Å². The Morgan fingerprint density at radius 1 is 1.56 bits per heavy atom. The maximum absolute atomic E-state index is 12.2. The van der Waals surface area contributed by atoms with Gasteiger partial charge in [0.05, 0.1) is 23.4 Å². The molecule has 1 atom stereocenters. The van der Waals surface area contributed by atoms with Crippen LogP contribution in [0.25, 0.3) is 5.52 Å². The van der Waals surface area contributed by atoms with Gasteiger partial charge in [0.25, 0.3) is 5.91 Å². The van der Waals surface area contributed by atoms with Crippen LogP contribution in [0.4, 0.5) is 0 Å². The van der Waals surface area contributed by atoms with E-state index in [0.717, 1.165) is 5.52 Å². The van der Waals surface area contributed by atoms with Crippen molar-refractivity contribution in [3.63, 3.8) is 0 Å². The third-order valence-corrected chi connectivity index (χ3v) is 2.89. The standard InChI is InChI=1S/C13H17N3O2/c1-10(17)6-8-15(2)13(18)11-9-14-16-7-4-3-5-12(11)16/h3-5,7,9-10,17H,6,8H2,1-2H3. The molecule has 2 aromatic heterocycles. The molecule has 0 bridgehead atoms. The van der Waals surface area contributed by atoms with Gasteiger partial charge in [-0.25, -0.2) is 4.52 Å². The summed E-state index contributed by atoms with van der Waals surface area (Å²) in [7, 11) is 1.73. The van der Waals surface area contributed by atoms with Crippen LogP contribution < -0.4 is 0 Å². The highest BCUT2D eigenvalue weighted by molar-refractivity contribution is 6.00. The third-order valence-electron chi connectivity index (χ3n) is 2.89. The smallest absolute Gasteiger partial charge is 0.257 e. The molecule has 5 heteroatoms. The van der Waals surface area contributed by atoms with Gasteiger partial charge in [0, 0.05) is 19.8 Å².